The van der Waals surface area contributed by atoms with Crippen molar-refractivity contribution < 1.29 is 24.0 Å². The van der Waals surface area contributed by atoms with Gasteiger partial charge in [-0.1, -0.05) is 0 Å². The van der Waals surface area contributed by atoms with Gasteiger partial charge in [-0.2, -0.15) is 0 Å². The van der Waals surface area contributed by atoms with Gasteiger partial charge in [-0.15, -0.1) is 0 Å². The average molecular weight is 309 g/mol. The van der Waals surface area contributed by atoms with Gasteiger partial charge in [0.25, 0.3) is 11.8 Å². The molecule has 0 aliphatic carbocycles. The molecule has 8 nitrogen and oxygen atoms in total. The summed E-state index contributed by atoms with van der Waals surface area (Å²) in [4.78, 5) is 57.4. The zero-order valence-corrected chi connectivity index (χ0v) is 12.5. The Morgan fingerprint density at radius 2 is 1.77 bits per heavy atom. The van der Waals surface area contributed by atoms with E-state index in [1.807, 2.05) is 0 Å². The van der Waals surface area contributed by atoms with Gasteiger partial charge in [0.1, 0.15) is 12.3 Å². The Morgan fingerprint density at radius 3 is 2.32 bits per heavy atom. The van der Waals surface area contributed by atoms with Crippen molar-refractivity contribution in [1.82, 2.24) is 15.5 Å². The van der Waals surface area contributed by atoms with E-state index >= 15 is 0 Å². The molecule has 8 heteroatoms. The molecule has 22 heavy (non-hydrogen) atoms. The lowest BCUT2D eigenvalue weighted by molar-refractivity contribution is -0.137. The van der Waals surface area contributed by atoms with Gasteiger partial charge in [0.15, 0.2) is 0 Å². The molecule has 0 spiro atoms. The highest BCUT2D eigenvalue weighted by Gasteiger charge is 2.23. The third-order valence-corrected chi connectivity index (χ3v) is 3.03. The fraction of sp³-hybridized carbons (Fsp3) is 0.500. The lowest BCUT2D eigenvalue weighted by atomic mass is 10.2. The van der Waals surface area contributed by atoms with Crippen LogP contribution in [0, 0.1) is 0 Å². The molecule has 0 aromatic heterocycles. The molecule has 0 saturated carbocycles. The van der Waals surface area contributed by atoms with Crippen LogP contribution in [0.25, 0.3) is 0 Å². The fourth-order valence-corrected chi connectivity index (χ4v) is 1.81. The monoisotopic (exact) mass is 309 g/mol. The Hall–Kier alpha value is -2.51. The second kappa shape index (κ2) is 8.06. The molecule has 1 aliphatic heterocycles. The van der Waals surface area contributed by atoms with Gasteiger partial charge >= 0.3 is 0 Å². The minimum absolute atomic E-state index is 0.0813. The first-order valence-corrected chi connectivity index (χ1v) is 6.93. The van der Waals surface area contributed by atoms with Gasteiger partial charge in [-0.3, -0.25) is 24.1 Å². The van der Waals surface area contributed by atoms with Crippen molar-refractivity contribution >= 4 is 29.9 Å². The lowest BCUT2D eigenvalue weighted by Crippen LogP contribution is -2.47. The van der Waals surface area contributed by atoms with Crippen molar-refractivity contribution in [2.24, 2.45) is 0 Å². The maximum Gasteiger partial charge on any atom is 0.253 e. The number of nitrogens with zero attached hydrogens (tertiary/aromatic N) is 1. The molecule has 0 aromatic rings. The molecule has 1 heterocycles. The molecule has 4 amide bonds. The molecule has 0 saturated heterocycles. The molecule has 1 rings (SSSR count). The smallest absolute Gasteiger partial charge is 0.253 e. The van der Waals surface area contributed by atoms with E-state index in [4.69, 9.17) is 0 Å². The molecular weight excluding hydrogens is 290 g/mol. The predicted molar refractivity (Wildman–Crippen MR) is 76.4 cm³/mol. The summed E-state index contributed by atoms with van der Waals surface area (Å²) in [5.74, 6) is -1.60. The van der Waals surface area contributed by atoms with Crippen molar-refractivity contribution in [3.05, 3.63) is 12.2 Å². The Bertz CT molecular complexity index is 497. The highest BCUT2D eigenvalue weighted by molar-refractivity contribution is 6.12. The van der Waals surface area contributed by atoms with Gasteiger partial charge < -0.3 is 15.4 Å². The van der Waals surface area contributed by atoms with Crippen LogP contribution in [0.3, 0.4) is 0 Å². The van der Waals surface area contributed by atoms with E-state index in [1.54, 1.807) is 0 Å². The number of imide groups is 1. The molecule has 2 N–H and O–H groups in total. The zero-order chi connectivity index (χ0) is 16.7. The van der Waals surface area contributed by atoms with E-state index in [0.29, 0.717) is 12.7 Å². The largest absolute Gasteiger partial charge is 0.345 e. The first-order chi connectivity index (χ1) is 10.3. The summed E-state index contributed by atoms with van der Waals surface area (Å²) >= 11 is 0. The van der Waals surface area contributed by atoms with E-state index < -0.39 is 18.0 Å². The SMILES string of the molecule is CC(C=O)NC(=O)C(C)NC(=O)CCCN1C(=O)C=CC1=O. The highest BCUT2D eigenvalue weighted by Crippen LogP contribution is 2.05. The Morgan fingerprint density at radius 1 is 1.18 bits per heavy atom. The fourth-order valence-electron chi connectivity index (χ4n) is 1.81. The first-order valence-electron chi connectivity index (χ1n) is 6.93. The average Bonchev–Trinajstić information content (AvgIpc) is 2.78. The number of hydrogen-bond acceptors (Lipinski definition) is 5. The minimum Gasteiger partial charge on any atom is -0.345 e. The molecule has 2 atom stereocenters. The van der Waals surface area contributed by atoms with Crippen LogP contribution >= 0.6 is 0 Å². The van der Waals surface area contributed by atoms with Crippen LogP contribution in [0.15, 0.2) is 12.2 Å². The van der Waals surface area contributed by atoms with Crippen LogP contribution in [0.1, 0.15) is 26.7 Å². The summed E-state index contributed by atoms with van der Waals surface area (Å²) in [5, 5.41) is 4.91. The Kier molecular flexibility index (Phi) is 6.43. The zero-order valence-electron chi connectivity index (χ0n) is 12.5. The second-order valence-corrected chi connectivity index (χ2v) is 4.99. The van der Waals surface area contributed by atoms with Crippen molar-refractivity contribution in [1.29, 1.82) is 0 Å². The normalized spacial score (nSPS) is 16.4. The summed E-state index contributed by atoms with van der Waals surface area (Å²) in [7, 11) is 0. The Labute approximate surface area is 127 Å². The summed E-state index contributed by atoms with van der Waals surface area (Å²) < 4.78 is 0. The number of hydrogen-bond donors (Lipinski definition) is 2. The topological polar surface area (TPSA) is 113 Å². The van der Waals surface area contributed by atoms with Crippen LogP contribution in [-0.2, 0) is 24.0 Å². The standard InChI is InChI=1S/C14H19N3O5/c1-9(8-18)15-14(22)10(2)16-11(19)4-3-7-17-12(20)5-6-13(17)21/h5-6,8-10H,3-4,7H2,1-2H3,(H,15,22)(H,16,19). The van der Waals surface area contributed by atoms with Crippen LogP contribution in [0.4, 0.5) is 0 Å². The number of carbonyl (C=O) groups excluding carboxylic acids is 5. The summed E-state index contributed by atoms with van der Waals surface area (Å²) in [6, 6.07) is -1.39. The Balaban J connectivity index is 2.28. The van der Waals surface area contributed by atoms with Crippen LogP contribution in [0.2, 0.25) is 0 Å². The molecule has 0 radical (unpaired) electrons. The maximum atomic E-state index is 11.7. The quantitative estimate of drug-likeness (QED) is 0.436. The van der Waals surface area contributed by atoms with Gasteiger partial charge in [-0.25, -0.2) is 0 Å². The third kappa shape index (κ3) is 5.12. The first kappa shape index (κ1) is 17.5. The van der Waals surface area contributed by atoms with Gasteiger partial charge in [0.05, 0.1) is 6.04 Å². The van der Waals surface area contributed by atoms with Crippen molar-refractivity contribution in [3.63, 3.8) is 0 Å². The predicted octanol–water partition coefficient (Wildman–Crippen LogP) is -1.10. The van der Waals surface area contributed by atoms with E-state index in [2.05, 4.69) is 10.6 Å². The van der Waals surface area contributed by atoms with Crippen LogP contribution < -0.4 is 10.6 Å². The van der Waals surface area contributed by atoms with Crippen molar-refractivity contribution in [3.8, 4) is 0 Å². The number of nitrogens with one attached hydrogen (secondary N) is 2. The van der Waals surface area contributed by atoms with Gasteiger partial charge in [0.2, 0.25) is 11.8 Å². The highest BCUT2D eigenvalue weighted by atomic mass is 16.2. The van der Waals surface area contributed by atoms with Gasteiger partial charge in [0, 0.05) is 25.1 Å². The van der Waals surface area contributed by atoms with Crippen molar-refractivity contribution in [2.75, 3.05) is 6.54 Å². The number of carbonyl (C=O) groups is 5. The summed E-state index contributed by atoms with van der Waals surface area (Å²) in [5.41, 5.74) is 0. The van der Waals surface area contributed by atoms with E-state index in [1.165, 1.54) is 26.0 Å². The van der Waals surface area contributed by atoms with E-state index in [-0.39, 0.29) is 30.7 Å². The second-order valence-electron chi connectivity index (χ2n) is 4.99. The van der Waals surface area contributed by atoms with Crippen LogP contribution in [0.5, 0.6) is 0 Å². The summed E-state index contributed by atoms with van der Waals surface area (Å²) in [6.07, 6.45) is 3.35. The van der Waals surface area contributed by atoms with E-state index in [0.717, 1.165) is 4.90 Å². The summed E-state index contributed by atoms with van der Waals surface area (Å²) in [6.45, 7) is 3.18. The molecule has 0 aromatic carbocycles. The number of amides is 4. The van der Waals surface area contributed by atoms with Gasteiger partial charge in [-0.05, 0) is 20.3 Å². The third-order valence-electron chi connectivity index (χ3n) is 3.03. The molecular formula is C14H19N3O5. The molecule has 2 unspecified atom stereocenters. The lowest BCUT2D eigenvalue weighted by Gasteiger charge is -2.16. The molecule has 0 bridgehead atoms. The number of aldehydes is 1. The number of rotatable bonds is 8. The molecule has 0 fully saturated rings. The van der Waals surface area contributed by atoms with Crippen LogP contribution in [-0.4, -0.2) is 53.4 Å². The maximum absolute atomic E-state index is 11.7. The molecule has 1 aliphatic rings. The van der Waals surface area contributed by atoms with Crippen molar-refractivity contribution in [2.45, 2.75) is 38.8 Å². The van der Waals surface area contributed by atoms with E-state index in [9.17, 15) is 24.0 Å². The minimum atomic E-state index is -0.772. The molecule has 120 valence electrons.